The molecule has 0 aliphatic carbocycles. The Labute approximate surface area is 283 Å². The molecule has 1 heterocycles. The third kappa shape index (κ3) is 12.5. The third-order valence-corrected chi connectivity index (χ3v) is 14.5. The van der Waals surface area contributed by atoms with E-state index in [0.29, 0.717) is 6.42 Å². The van der Waals surface area contributed by atoms with Gasteiger partial charge in [0.25, 0.3) is 10.1 Å². The van der Waals surface area contributed by atoms with Gasteiger partial charge in [0.05, 0.1) is 51.3 Å². The van der Waals surface area contributed by atoms with E-state index in [1.54, 1.807) is 14.2 Å². The van der Waals surface area contributed by atoms with Gasteiger partial charge in [0.1, 0.15) is 11.9 Å². The molecule has 1 N–H and O–H groups in total. The summed E-state index contributed by atoms with van der Waals surface area (Å²) in [5.74, 6) is -2.01. The van der Waals surface area contributed by atoms with Crippen LogP contribution in [0.15, 0.2) is 35.9 Å². The van der Waals surface area contributed by atoms with Crippen molar-refractivity contribution in [1.82, 2.24) is 0 Å². The lowest BCUT2D eigenvalue weighted by atomic mass is 9.80. The number of aliphatic carboxylic acids is 1. The van der Waals surface area contributed by atoms with E-state index in [-0.39, 0.29) is 49.0 Å². The first-order valence-electron chi connectivity index (χ1n) is 16.1. The van der Waals surface area contributed by atoms with Crippen molar-refractivity contribution in [3.05, 3.63) is 41.5 Å². The van der Waals surface area contributed by atoms with Gasteiger partial charge in [0.15, 0.2) is 14.1 Å². The smallest absolute Gasteiger partial charge is 0.308 e. The van der Waals surface area contributed by atoms with Crippen molar-refractivity contribution in [3.8, 4) is 5.75 Å². The Morgan fingerprint density at radius 3 is 2.28 bits per heavy atom. The molecule has 1 saturated heterocycles. The molecule has 0 radical (unpaired) electrons. The predicted molar refractivity (Wildman–Crippen MR) is 183 cm³/mol. The molecule has 0 unspecified atom stereocenters. The summed E-state index contributed by atoms with van der Waals surface area (Å²) in [5.41, 5.74) is 1.75. The molecule has 1 aliphatic heterocycles. The number of benzene rings is 1. The molecule has 270 valence electrons. The molecule has 1 aromatic rings. The SMILES string of the molecule is COc1ccc(COC[C@H](C/C(C)=C/[C@@H](OC)[C@@H](C)[C@@H]2O[C@@](CC(=O)O)(OC)C[C@H](O[Si](C)(C)C(C)(C)C)[C@H]2C)OS(C)(=O)=O)cc1. The van der Waals surface area contributed by atoms with E-state index in [9.17, 15) is 18.3 Å². The molecule has 0 amide bonds. The first-order valence-corrected chi connectivity index (χ1v) is 20.8. The average Bonchev–Trinajstić information content (AvgIpc) is 2.95. The van der Waals surface area contributed by atoms with Gasteiger partial charge in [-0.25, -0.2) is 0 Å². The summed E-state index contributed by atoms with van der Waals surface area (Å²) < 4.78 is 65.8. The minimum Gasteiger partial charge on any atom is -0.497 e. The van der Waals surface area contributed by atoms with Crippen LogP contribution in [-0.4, -0.2) is 92.2 Å². The number of carboxylic acid groups (broad SMARTS) is 1. The fourth-order valence-electron chi connectivity index (χ4n) is 5.67. The number of hydrogen-bond donors (Lipinski definition) is 1. The van der Waals surface area contributed by atoms with Crippen LogP contribution in [0.3, 0.4) is 0 Å². The molecule has 13 heteroatoms. The van der Waals surface area contributed by atoms with Crippen molar-refractivity contribution in [3.63, 3.8) is 0 Å². The molecule has 0 saturated carbocycles. The molecular formula is C34H58O11SSi. The molecule has 0 aromatic heterocycles. The second-order valence-electron chi connectivity index (χ2n) is 14.3. The maximum absolute atomic E-state index is 12.1. The van der Waals surface area contributed by atoms with Crippen LogP contribution in [0.5, 0.6) is 5.75 Å². The lowest BCUT2D eigenvalue weighted by Gasteiger charge is -2.51. The van der Waals surface area contributed by atoms with Gasteiger partial charge in [-0.1, -0.05) is 58.4 Å². The van der Waals surface area contributed by atoms with Crippen molar-refractivity contribution < 1.29 is 50.6 Å². The maximum atomic E-state index is 12.1. The number of carbonyl (C=O) groups is 1. The van der Waals surface area contributed by atoms with E-state index < -0.39 is 48.5 Å². The molecule has 7 atom stereocenters. The Balaban J connectivity index is 2.29. The Morgan fingerprint density at radius 1 is 1.17 bits per heavy atom. The van der Waals surface area contributed by atoms with Gasteiger partial charge < -0.3 is 33.2 Å². The second-order valence-corrected chi connectivity index (χ2v) is 20.7. The minimum atomic E-state index is -3.75. The van der Waals surface area contributed by atoms with Crippen molar-refractivity contribution in [2.75, 3.05) is 34.2 Å². The fourth-order valence-corrected chi connectivity index (χ4v) is 7.70. The van der Waals surface area contributed by atoms with Crippen molar-refractivity contribution in [2.24, 2.45) is 11.8 Å². The Kier molecular flexibility index (Phi) is 15.1. The third-order valence-electron chi connectivity index (χ3n) is 9.36. The van der Waals surface area contributed by atoms with E-state index in [2.05, 4.69) is 40.8 Å². The molecule has 0 bridgehead atoms. The van der Waals surface area contributed by atoms with Crippen molar-refractivity contribution in [2.45, 2.75) is 116 Å². The largest absolute Gasteiger partial charge is 0.497 e. The molecule has 47 heavy (non-hydrogen) atoms. The highest BCUT2D eigenvalue weighted by Crippen LogP contribution is 2.45. The fraction of sp³-hybridized carbons (Fsp3) is 0.735. The molecule has 1 aromatic carbocycles. The second kappa shape index (κ2) is 17.2. The molecular weight excluding hydrogens is 645 g/mol. The Morgan fingerprint density at radius 2 is 1.79 bits per heavy atom. The van der Waals surface area contributed by atoms with Crippen LogP contribution in [0, 0.1) is 11.8 Å². The zero-order valence-electron chi connectivity index (χ0n) is 30.3. The van der Waals surface area contributed by atoms with Crippen LogP contribution in [-0.2, 0) is 49.1 Å². The van der Waals surface area contributed by atoms with E-state index in [1.165, 1.54) is 7.11 Å². The van der Waals surface area contributed by atoms with E-state index in [0.717, 1.165) is 23.1 Å². The molecule has 0 spiro atoms. The van der Waals surface area contributed by atoms with Crippen LogP contribution >= 0.6 is 0 Å². The topological polar surface area (TPSA) is 136 Å². The number of carboxylic acids is 1. The molecule has 1 aliphatic rings. The van der Waals surface area contributed by atoms with Crippen LogP contribution in [0.25, 0.3) is 0 Å². The zero-order chi connectivity index (χ0) is 35.8. The van der Waals surface area contributed by atoms with E-state index >= 15 is 0 Å². The predicted octanol–water partition coefficient (Wildman–Crippen LogP) is 6.18. The quantitative estimate of drug-likeness (QED) is 0.107. The van der Waals surface area contributed by atoms with Crippen molar-refractivity contribution in [1.29, 1.82) is 0 Å². The van der Waals surface area contributed by atoms with Gasteiger partial charge in [-0.3, -0.25) is 8.98 Å². The van der Waals surface area contributed by atoms with Crippen LogP contribution < -0.4 is 4.74 Å². The van der Waals surface area contributed by atoms with Gasteiger partial charge in [-0.15, -0.1) is 0 Å². The normalized spacial score (nSPS) is 24.9. The van der Waals surface area contributed by atoms with E-state index in [1.807, 2.05) is 44.2 Å². The van der Waals surface area contributed by atoms with Crippen LogP contribution in [0.2, 0.25) is 18.1 Å². The number of ether oxygens (including phenoxy) is 5. The van der Waals surface area contributed by atoms with Gasteiger partial charge in [-0.05, 0) is 49.2 Å². The highest BCUT2D eigenvalue weighted by atomic mass is 32.2. The maximum Gasteiger partial charge on any atom is 0.308 e. The Bertz CT molecular complexity index is 1280. The summed E-state index contributed by atoms with van der Waals surface area (Å²) in [6.45, 7) is 17.2. The number of hydrogen-bond acceptors (Lipinski definition) is 10. The lowest BCUT2D eigenvalue weighted by Crippen LogP contribution is -2.59. The minimum absolute atomic E-state index is 0.0491. The summed E-state index contributed by atoms with van der Waals surface area (Å²) in [6.07, 6.45) is 1.23. The summed E-state index contributed by atoms with van der Waals surface area (Å²) >= 11 is 0. The number of rotatable bonds is 18. The van der Waals surface area contributed by atoms with Crippen LogP contribution in [0.4, 0.5) is 0 Å². The van der Waals surface area contributed by atoms with Crippen LogP contribution in [0.1, 0.15) is 66.4 Å². The van der Waals surface area contributed by atoms with Gasteiger partial charge in [-0.2, -0.15) is 8.42 Å². The standard InChI is InChI=1S/C34H58O11SSi/c1-23(17-28(44-46(10,37)38)22-42-21-26-13-15-27(39-7)16-14-26)18-29(40-8)24(2)32-25(3)30(45-47(11,12)33(4,5)6)19-34(41-9,43-32)20-31(35)36/h13-16,18,24-25,28-30,32H,17,19-22H2,1-12H3,(H,35,36)/b23-18+/t24-,25-,28+,29-,30+,32+,34+/m1/s1. The van der Waals surface area contributed by atoms with E-state index in [4.69, 9.17) is 32.3 Å². The lowest BCUT2D eigenvalue weighted by molar-refractivity contribution is -0.310. The summed E-state index contributed by atoms with van der Waals surface area (Å²) in [5, 5.41) is 9.74. The first-order chi connectivity index (χ1) is 21.7. The van der Waals surface area contributed by atoms with Gasteiger partial charge in [0, 0.05) is 32.5 Å². The summed E-state index contributed by atoms with van der Waals surface area (Å²) in [4.78, 5) is 12.0. The summed E-state index contributed by atoms with van der Waals surface area (Å²) in [7, 11) is -1.31. The van der Waals surface area contributed by atoms with Gasteiger partial charge in [0.2, 0.25) is 0 Å². The molecule has 1 fully saturated rings. The Hall–Kier alpha value is -1.84. The van der Waals surface area contributed by atoms with Gasteiger partial charge >= 0.3 is 5.97 Å². The highest BCUT2D eigenvalue weighted by Gasteiger charge is 2.52. The van der Waals surface area contributed by atoms with Crippen molar-refractivity contribution >= 4 is 24.4 Å². The average molecular weight is 703 g/mol. The molecule has 2 rings (SSSR count). The zero-order valence-corrected chi connectivity index (χ0v) is 32.1. The number of methoxy groups -OCH3 is 3. The highest BCUT2D eigenvalue weighted by molar-refractivity contribution is 7.86. The summed E-state index contributed by atoms with van der Waals surface area (Å²) in [6, 6.07) is 7.43. The molecule has 11 nitrogen and oxygen atoms in total. The monoisotopic (exact) mass is 702 g/mol. The first kappa shape index (κ1) is 41.3.